The molecule has 4 nitrogen and oxygen atoms in total. The Labute approximate surface area is 125 Å². The summed E-state index contributed by atoms with van der Waals surface area (Å²) in [5.41, 5.74) is -0.118. The molecule has 2 N–H and O–H groups in total. The molecule has 0 aromatic heterocycles. The Morgan fingerprint density at radius 1 is 1.36 bits per heavy atom. The molecule has 0 saturated heterocycles. The number of nitrogens with one attached hydrogen (secondary N) is 1. The molecule has 0 bridgehead atoms. The number of hydrogen-bond acceptors (Lipinski definition) is 2. The third-order valence-electron chi connectivity index (χ3n) is 2.80. The summed E-state index contributed by atoms with van der Waals surface area (Å²) in [7, 11) is 0. The third kappa shape index (κ3) is 5.59. The fourth-order valence-corrected chi connectivity index (χ4v) is 1.84. The second-order valence-corrected chi connectivity index (χ2v) is 4.99. The van der Waals surface area contributed by atoms with Gasteiger partial charge in [-0.05, 0) is 25.0 Å². The maximum absolute atomic E-state index is 12.6. The van der Waals surface area contributed by atoms with E-state index in [-0.39, 0.29) is 18.4 Å². The van der Waals surface area contributed by atoms with Crippen molar-refractivity contribution in [2.45, 2.75) is 32.0 Å². The number of rotatable bonds is 6. The zero-order valence-electron chi connectivity index (χ0n) is 11.9. The van der Waals surface area contributed by atoms with E-state index in [0.717, 1.165) is 12.1 Å². The monoisotopic (exact) mass is 315 g/mol. The number of carbonyl (C=O) groups is 2. The van der Waals surface area contributed by atoms with Crippen LogP contribution in [0.4, 0.5) is 13.2 Å². The Hall–Kier alpha value is -2.31. The second kappa shape index (κ2) is 7.11. The van der Waals surface area contributed by atoms with Gasteiger partial charge in [0.1, 0.15) is 6.04 Å². The van der Waals surface area contributed by atoms with Crippen molar-refractivity contribution in [2.75, 3.05) is 0 Å². The fourth-order valence-electron chi connectivity index (χ4n) is 1.84. The number of carboxylic acids is 1. The molecule has 0 fully saturated rings. The van der Waals surface area contributed by atoms with Gasteiger partial charge in [-0.25, -0.2) is 4.79 Å². The zero-order valence-corrected chi connectivity index (χ0v) is 11.9. The van der Waals surface area contributed by atoms with Gasteiger partial charge in [0.15, 0.2) is 0 Å². The summed E-state index contributed by atoms with van der Waals surface area (Å²) in [6, 6.07) is 3.21. The van der Waals surface area contributed by atoms with Crippen molar-refractivity contribution < 1.29 is 27.9 Å². The lowest BCUT2D eigenvalue weighted by atomic mass is 10.1. The van der Waals surface area contributed by atoms with Gasteiger partial charge in [0, 0.05) is 0 Å². The van der Waals surface area contributed by atoms with Crippen LogP contribution < -0.4 is 5.32 Å². The van der Waals surface area contributed by atoms with Crippen molar-refractivity contribution in [1.29, 1.82) is 0 Å². The van der Waals surface area contributed by atoms with Crippen molar-refractivity contribution in [3.8, 4) is 0 Å². The molecule has 0 saturated carbocycles. The number of alkyl halides is 3. The minimum absolute atomic E-state index is 0.0592. The molecule has 0 radical (unpaired) electrons. The standard InChI is InChI=1S/C15H16F3NO3/c1-9(2)6-12(14(21)22)19-13(20)8-10-4-3-5-11(7-10)15(16,17)18/h3-5,7,12H,1,6,8H2,2H3,(H,19,20)(H,21,22)/t12-/m0/s1. The summed E-state index contributed by atoms with van der Waals surface area (Å²) in [5.74, 6) is -1.88. The molecule has 0 unspecified atom stereocenters. The molecule has 1 aromatic carbocycles. The number of amides is 1. The molecule has 1 aromatic rings. The van der Waals surface area contributed by atoms with E-state index in [1.165, 1.54) is 12.1 Å². The molecule has 120 valence electrons. The topological polar surface area (TPSA) is 66.4 Å². The summed E-state index contributed by atoms with van der Waals surface area (Å²) in [4.78, 5) is 22.8. The lowest BCUT2D eigenvalue weighted by molar-refractivity contribution is -0.141. The molecule has 0 heterocycles. The molecule has 1 amide bonds. The van der Waals surface area contributed by atoms with Gasteiger partial charge in [-0.15, -0.1) is 6.58 Å². The van der Waals surface area contributed by atoms with Crippen molar-refractivity contribution in [3.63, 3.8) is 0 Å². The van der Waals surface area contributed by atoms with E-state index in [9.17, 15) is 22.8 Å². The first-order valence-corrected chi connectivity index (χ1v) is 6.42. The van der Waals surface area contributed by atoms with Crippen molar-refractivity contribution in [3.05, 3.63) is 47.5 Å². The van der Waals surface area contributed by atoms with E-state index in [2.05, 4.69) is 11.9 Å². The van der Waals surface area contributed by atoms with Crippen molar-refractivity contribution >= 4 is 11.9 Å². The Morgan fingerprint density at radius 3 is 2.50 bits per heavy atom. The van der Waals surface area contributed by atoms with Crippen LogP contribution in [0.1, 0.15) is 24.5 Å². The quantitative estimate of drug-likeness (QED) is 0.793. The first-order chi connectivity index (χ1) is 10.1. The van der Waals surface area contributed by atoms with Crippen LogP contribution in [0.3, 0.4) is 0 Å². The average Bonchev–Trinajstić information content (AvgIpc) is 2.36. The average molecular weight is 315 g/mol. The fraction of sp³-hybridized carbons (Fsp3) is 0.333. The number of halogens is 3. The van der Waals surface area contributed by atoms with Crippen LogP contribution in [-0.2, 0) is 22.2 Å². The Bertz CT molecular complexity index is 582. The van der Waals surface area contributed by atoms with E-state index in [0.29, 0.717) is 5.57 Å². The predicted molar refractivity (Wildman–Crippen MR) is 74.1 cm³/mol. The molecular weight excluding hydrogens is 299 g/mol. The number of carbonyl (C=O) groups excluding carboxylic acids is 1. The van der Waals surface area contributed by atoms with Crippen LogP contribution in [0.25, 0.3) is 0 Å². The van der Waals surface area contributed by atoms with Crippen molar-refractivity contribution in [2.24, 2.45) is 0 Å². The molecule has 22 heavy (non-hydrogen) atoms. The van der Waals surface area contributed by atoms with E-state index in [4.69, 9.17) is 5.11 Å². The molecule has 0 spiro atoms. The van der Waals surface area contributed by atoms with E-state index >= 15 is 0 Å². The van der Waals surface area contributed by atoms with Gasteiger partial charge in [0.2, 0.25) is 5.91 Å². The van der Waals surface area contributed by atoms with E-state index in [1.807, 2.05) is 0 Å². The van der Waals surface area contributed by atoms with Gasteiger partial charge in [0.25, 0.3) is 0 Å². The normalized spacial score (nSPS) is 12.5. The van der Waals surface area contributed by atoms with Crippen LogP contribution in [0, 0.1) is 0 Å². The molecule has 1 atom stereocenters. The minimum atomic E-state index is -4.49. The van der Waals surface area contributed by atoms with Gasteiger partial charge < -0.3 is 10.4 Å². The Kier molecular flexibility index (Phi) is 5.73. The first kappa shape index (κ1) is 17.7. The highest BCUT2D eigenvalue weighted by Crippen LogP contribution is 2.29. The summed E-state index contributed by atoms with van der Waals surface area (Å²) < 4.78 is 37.7. The van der Waals surface area contributed by atoms with Crippen LogP contribution >= 0.6 is 0 Å². The van der Waals surface area contributed by atoms with Crippen LogP contribution in [0.2, 0.25) is 0 Å². The van der Waals surface area contributed by atoms with Gasteiger partial charge in [0.05, 0.1) is 12.0 Å². The first-order valence-electron chi connectivity index (χ1n) is 6.42. The Morgan fingerprint density at radius 2 is 2.00 bits per heavy atom. The highest BCUT2D eigenvalue weighted by atomic mass is 19.4. The summed E-state index contributed by atoms with van der Waals surface area (Å²) >= 11 is 0. The highest BCUT2D eigenvalue weighted by molar-refractivity contribution is 5.85. The summed E-state index contributed by atoms with van der Waals surface area (Å²) in [6.45, 7) is 5.19. The predicted octanol–water partition coefficient (Wildman–Crippen LogP) is 2.78. The van der Waals surface area contributed by atoms with Crippen LogP contribution in [0.15, 0.2) is 36.4 Å². The molecular formula is C15H16F3NO3. The molecule has 1 rings (SSSR count). The lowest BCUT2D eigenvalue weighted by Crippen LogP contribution is -2.41. The maximum atomic E-state index is 12.6. The van der Waals surface area contributed by atoms with Gasteiger partial charge in [-0.1, -0.05) is 23.8 Å². The van der Waals surface area contributed by atoms with Gasteiger partial charge >= 0.3 is 12.1 Å². The number of hydrogen-bond donors (Lipinski definition) is 2. The zero-order chi connectivity index (χ0) is 16.9. The van der Waals surface area contributed by atoms with E-state index < -0.39 is 29.7 Å². The SMILES string of the molecule is C=C(C)C[C@H](NC(=O)Cc1cccc(C(F)(F)F)c1)C(=O)O. The van der Waals surface area contributed by atoms with Gasteiger partial charge in [-0.2, -0.15) is 13.2 Å². The van der Waals surface area contributed by atoms with Gasteiger partial charge in [-0.3, -0.25) is 4.79 Å². The summed E-state index contributed by atoms with van der Waals surface area (Å²) in [5, 5.41) is 11.3. The molecule has 0 aliphatic rings. The second-order valence-electron chi connectivity index (χ2n) is 4.99. The molecule has 0 aliphatic heterocycles. The third-order valence-corrected chi connectivity index (χ3v) is 2.80. The molecule has 7 heteroatoms. The Balaban J connectivity index is 2.76. The molecule has 0 aliphatic carbocycles. The van der Waals surface area contributed by atoms with Crippen LogP contribution in [0.5, 0.6) is 0 Å². The number of carboxylic acid groups (broad SMARTS) is 1. The van der Waals surface area contributed by atoms with E-state index in [1.54, 1.807) is 6.92 Å². The summed E-state index contributed by atoms with van der Waals surface area (Å²) in [6.07, 6.45) is -4.76. The van der Waals surface area contributed by atoms with Crippen molar-refractivity contribution in [1.82, 2.24) is 5.32 Å². The van der Waals surface area contributed by atoms with Crippen LogP contribution in [-0.4, -0.2) is 23.0 Å². The highest BCUT2D eigenvalue weighted by Gasteiger charge is 2.30. The minimum Gasteiger partial charge on any atom is -0.480 e. The smallest absolute Gasteiger partial charge is 0.416 e. The number of aliphatic carboxylic acids is 1. The maximum Gasteiger partial charge on any atom is 0.416 e. The largest absolute Gasteiger partial charge is 0.480 e. The number of benzene rings is 1. The lowest BCUT2D eigenvalue weighted by Gasteiger charge is -2.15.